The Labute approximate surface area is 197 Å². The van der Waals surface area contributed by atoms with Crippen LogP contribution in [0.2, 0.25) is 0 Å². The molecular weight excluding hydrogens is 473 g/mol. The number of carbonyl (C=O) groups excluding carboxylic acids is 2. The zero-order valence-corrected chi connectivity index (χ0v) is 20.2. The molecule has 0 aliphatic heterocycles. The van der Waals surface area contributed by atoms with Gasteiger partial charge in [0.05, 0.1) is 12.4 Å². The predicted octanol–water partition coefficient (Wildman–Crippen LogP) is 2.07. The molecule has 0 heterocycles. The zero-order chi connectivity index (χ0) is 25.3. The monoisotopic (exact) mass is 503 g/mol. The highest BCUT2D eigenvalue weighted by Gasteiger charge is 2.75. The fourth-order valence-electron chi connectivity index (χ4n) is 7.62. The Balaban J connectivity index is 1.77. The molecule has 0 spiro atoms. The molecule has 7 atom stereocenters. The summed E-state index contributed by atoms with van der Waals surface area (Å²) in [7, 11) is -4.01. The number of ketones is 2. The van der Waals surface area contributed by atoms with E-state index in [9.17, 15) is 33.2 Å². The maximum Gasteiger partial charge on any atom is 0.295 e. The highest BCUT2D eigenvalue weighted by Crippen LogP contribution is 2.70. The first-order valence-electron chi connectivity index (χ1n) is 11.4. The van der Waals surface area contributed by atoms with Crippen LogP contribution in [0, 0.1) is 32.8 Å². The summed E-state index contributed by atoms with van der Waals surface area (Å²) >= 11 is 0. The third kappa shape index (κ3) is 3.35. The van der Waals surface area contributed by atoms with Gasteiger partial charge in [0.15, 0.2) is 17.2 Å². The number of allylic oxidation sites excluding steroid dienone is 1. The molecule has 4 aliphatic rings. The molecule has 12 heteroatoms. The molecule has 1 N–H and O–H groups in total. The number of fused-ring (bicyclic) bond motifs is 5. The second-order valence-corrected chi connectivity index (χ2v) is 12.3. The number of hydrogen-bond acceptors (Lipinski definition) is 9. The summed E-state index contributed by atoms with van der Waals surface area (Å²) in [5.41, 5.74) is -5.89. The number of halogens is 1. The number of nitrogens with zero attached hydrogens (tertiary/aromatic N) is 1. The molecule has 1 unspecified atom stereocenters. The van der Waals surface area contributed by atoms with Crippen LogP contribution in [0.5, 0.6) is 0 Å². The van der Waals surface area contributed by atoms with E-state index in [1.165, 1.54) is 6.08 Å². The molecule has 10 nitrogen and oxygen atoms in total. The normalized spacial score (nSPS) is 43.9. The van der Waals surface area contributed by atoms with E-state index in [1.54, 1.807) is 13.8 Å². The first-order valence-corrected chi connectivity index (χ1v) is 13.2. The molecule has 0 amide bonds. The van der Waals surface area contributed by atoms with Crippen molar-refractivity contribution in [3.8, 4) is 0 Å². The van der Waals surface area contributed by atoms with Crippen molar-refractivity contribution in [3.05, 3.63) is 21.8 Å². The van der Waals surface area contributed by atoms with Crippen LogP contribution in [0.4, 0.5) is 4.39 Å². The van der Waals surface area contributed by atoms with Gasteiger partial charge in [-0.2, -0.15) is 8.42 Å². The molecule has 0 bridgehead atoms. The largest absolute Gasteiger partial charge is 0.390 e. The van der Waals surface area contributed by atoms with Gasteiger partial charge in [0.2, 0.25) is 0 Å². The van der Waals surface area contributed by atoms with Crippen LogP contribution in [-0.4, -0.2) is 60.4 Å². The average Bonchev–Trinajstić information content (AvgIpc) is 2.99. The van der Waals surface area contributed by atoms with Gasteiger partial charge in [-0.3, -0.25) is 18.6 Å². The van der Waals surface area contributed by atoms with Crippen molar-refractivity contribution in [3.63, 3.8) is 0 Å². The molecule has 0 aromatic carbocycles. The molecule has 0 aromatic heterocycles. The van der Waals surface area contributed by atoms with Gasteiger partial charge >= 0.3 is 0 Å². The van der Waals surface area contributed by atoms with E-state index >= 15 is 4.39 Å². The zero-order valence-electron chi connectivity index (χ0n) is 19.4. The summed E-state index contributed by atoms with van der Waals surface area (Å²) in [5, 5.41) is 21.7. The molecule has 3 fully saturated rings. The van der Waals surface area contributed by atoms with Gasteiger partial charge < -0.3 is 5.11 Å². The third-order valence-corrected chi connectivity index (χ3v) is 9.79. The summed E-state index contributed by atoms with van der Waals surface area (Å²) < 4.78 is 44.6. The lowest BCUT2D eigenvalue weighted by atomic mass is 9.44. The molecule has 0 radical (unpaired) electrons. The number of Topliss-reactive ketones (excluding diaryl/α,β-unsaturated/α-hetero) is 1. The minimum absolute atomic E-state index is 0.0691. The lowest BCUT2D eigenvalue weighted by molar-refractivity contribution is -0.780. The maximum absolute atomic E-state index is 17.1. The Bertz CT molecular complexity index is 1080. The van der Waals surface area contributed by atoms with Crippen molar-refractivity contribution in [1.82, 2.24) is 0 Å². The van der Waals surface area contributed by atoms with Crippen molar-refractivity contribution < 1.29 is 41.6 Å². The summed E-state index contributed by atoms with van der Waals surface area (Å²) in [6.07, 6.45) is 1.66. The van der Waals surface area contributed by atoms with Crippen LogP contribution in [0.1, 0.15) is 58.8 Å². The Morgan fingerprint density at radius 2 is 1.94 bits per heavy atom. The van der Waals surface area contributed by atoms with Crippen LogP contribution in [0.3, 0.4) is 0 Å². The van der Waals surface area contributed by atoms with Crippen molar-refractivity contribution in [2.45, 2.75) is 76.2 Å². The molecule has 34 heavy (non-hydrogen) atoms. The number of hydrogen-bond donors (Lipinski definition) is 1. The molecule has 4 aliphatic carbocycles. The Morgan fingerprint density at radius 1 is 1.26 bits per heavy atom. The van der Waals surface area contributed by atoms with Gasteiger partial charge in [-0.15, -0.1) is 10.1 Å². The minimum Gasteiger partial charge on any atom is -0.390 e. The Hall–Kier alpha value is -1.92. The maximum atomic E-state index is 17.1. The number of carbonyl (C=O) groups is 2. The van der Waals surface area contributed by atoms with Crippen LogP contribution in [-0.2, 0) is 28.7 Å². The molecule has 190 valence electrons. The summed E-state index contributed by atoms with van der Waals surface area (Å²) in [6, 6.07) is 0. The van der Waals surface area contributed by atoms with E-state index in [0.29, 0.717) is 18.4 Å². The topological polar surface area (TPSA) is 150 Å². The predicted molar refractivity (Wildman–Crippen MR) is 115 cm³/mol. The summed E-state index contributed by atoms with van der Waals surface area (Å²) in [5.74, 6) is -2.26. The van der Waals surface area contributed by atoms with E-state index in [1.807, 2.05) is 0 Å². The van der Waals surface area contributed by atoms with Gasteiger partial charge in [-0.05, 0) is 50.5 Å². The van der Waals surface area contributed by atoms with E-state index in [4.69, 9.17) is 4.84 Å². The van der Waals surface area contributed by atoms with E-state index in [-0.39, 0.29) is 37.9 Å². The highest BCUT2D eigenvalue weighted by atomic mass is 32.2. The number of aliphatic hydroxyl groups excluding tert-OH is 1. The second-order valence-electron chi connectivity index (χ2n) is 10.7. The fraction of sp³-hybridized carbons (Fsp3) is 0.818. The number of aliphatic hydroxyl groups is 1. The highest BCUT2D eigenvalue weighted by molar-refractivity contribution is 7.86. The standard InChI is InChI=1S/C22H30FNO9S/c1-19-8-6-14(25)10-13(19)4-5-16-15-7-9-21(33-24(28)29,18(27)12-32-34(3,30)31)20(15,2)11-17(26)22(16,19)23/h10,15-17,26H,4-9,11-12H2,1-3H3/t15-,16-,17?,19-,20-,21-,22-/m0/s1. The Morgan fingerprint density at radius 3 is 2.56 bits per heavy atom. The van der Waals surface area contributed by atoms with Crippen molar-refractivity contribution in [1.29, 1.82) is 0 Å². The Kier molecular flexibility index (Phi) is 5.77. The lowest BCUT2D eigenvalue weighted by Gasteiger charge is -2.63. The van der Waals surface area contributed by atoms with Gasteiger partial charge in [0.25, 0.3) is 15.2 Å². The third-order valence-electron chi connectivity index (χ3n) is 9.25. The molecule has 3 saturated carbocycles. The van der Waals surface area contributed by atoms with Gasteiger partial charge in [-0.25, -0.2) is 4.39 Å². The smallest absolute Gasteiger partial charge is 0.295 e. The van der Waals surface area contributed by atoms with Gasteiger partial charge in [0.1, 0.15) is 12.3 Å². The second kappa shape index (κ2) is 7.79. The minimum atomic E-state index is -4.01. The molecular formula is C22H30FNO9S. The van der Waals surface area contributed by atoms with Crippen LogP contribution >= 0.6 is 0 Å². The van der Waals surface area contributed by atoms with Crippen molar-refractivity contribution >= 4 is 21.7 Å². The van der Waals surface area contributed by atoms with E-state index < -0.39 is 67.6 Å². The van der Waals surface area contributed by atoms with Crippen LogP contribution in [0.25, 0.3) is 0 Å². The average molecular weight is 504 g/mol. The molecule has 4 rings (SSSR count). The number of alkyl halides is 1. The van der Waals surface area contributed by atoms with Crippen molar-refractivity contribution in [2.75, 3.05) is 12.9 Å². The van der Waals surface area contributed by atoms with E-state index in [2.05, 4.69) is 4.18 Å². The summed E-state index contributed by atoms with van der Waals surface area (Å²) in [6.45, 7) is 2.35. The molecule has 0 aromatic rings. The number of rotatable bonds is 6. The quantitative estimate of drug-likeness (QED) is 0.326. The SMILES string of the molecule is C[C@]12CCC(=O)C=C1CC[C@H]1[C@@H]3CC[C@](O[N+](=O)[O-])(C(=O)COS(C)(=O)=O)[C@@]3(C)CC(O)[C@@]12F. The summed E-state index contributed by atoms with van der Waals surface area (Å²) in [4.78, 5) is 41.7. The van der Waals surface area contributed by atoms with Gasteiger partial charge in [-0.1, -0.05) is 19.4 Å². The van der Waals surface area contributed by atoms with E-state index in [0.717, 1.165) is 6.26 Å². The van der Waals surface area contributed by atoms with Gasteiger partial charge in [0, 0.05) is 23.2 Å². The van der Waals surface area contributed by atoms with Crippen LogP contribution < -0.4 is 0 Å². The first kappa shape index (κ1) is 25.2. The first-order chi connectivity index (χ1) is 15.6. The molecule has 0 saturated heterocycles. The van der Waals surface area contributed by atoms with Crippen LogP contribution in [0.15, 0.2) is 11.6 Å². The van der Waals surface area contributed by atoms with Crippen molar-refractivity contribution in [2.24, 2.45) is 22.7 Å². The fourth-order valence-corrected chi connectivity index (χ4v) is 7.94. The lowest BCUT2D eigenvalue weighted by Crippen LogP contribution is -2.70.